The summed E-state index contributed by atoms with van der Waals surface area (Å²) in [6, 6.07) is 3.14. The maximum atomic E-state index is 12.6. The first-order chi connectivity index (χ1) is 8.63. The summed E-state index contributed by atoms with van der Waals surface area (Å²) >= 11 is 1.48. The van der Waals surface area contributed by atoms with Crippen LogP contribution >= 0.6 is 11.3 Å². The zero-order valence-electron chi connectivity index (χ0n) is 11.9. The summed E-state index contributed by atoms with van der Waals surface area (Å²) in [7, 11) is 0. The molecule has 1 nitrogen and oxygen atoms in total. The third-order valence-corrected chi connectivity index (χ3v) is 4.41. The summed E-state index contributed by atoms with van der Waals surface area (Å²) < 4.78 is 37.9. The van der Waals surface area contributed by atoms with Crippen LogP contribution in [0.15, 0.2) is 12.1 Å². The van der Waals surface area contributed by atoms with E-state index in [4.69, 9.17) is 0 Å². The van der Waals surface area contributed by atoms with Crippen molar-refractivity contribution < 1.29 is 13.2 Å². The Balaban J connectivity index is 2.88. The van der Waals surface area contributed by atoms with Crippen molar-refractivity contribution in [2.45, 2.75) is 58.2 Å². The number of thiophene rings is 1. The normalized spacial score (nSPS) is 14.7. The third-order valence-electron chi connectivity index (χ3n) is 2.79. The van der Waals surface area contributed by atoms with Gasteiger partial charge in [-0.05, 0) is 30.5 Å². The molecule has 1 atom stereocenters. The van der Waals surface area contributed by atoms with E-state index in [9.17, 15) is 13.2 Å². The molecule has 1 N–H and O–H groups in total. The van der Waals surface area contributed by atoms with Crippen molar-refractivity contribution in [3.8, 4) is 0 Å². The Bertz CT molecular complexity index is 390. The molecule has 0 saturated heterocycles. The molecule has 0 spiro atoms. The first-order valence-corrected chi connectivity index (χ1v) is 7.35. The largest absolute Gasteiger partial charge is 0.390 e. The fraction of sp³-hybridized carbons (Fsp3) is 0.714. The van der Waals surface area contributed by atoms with Gasteiger partial charge in [0.2, 0.25) is 0 Å². The van der Waals surface area contributed by atoms with Gasteiger partial charge in [-0.25, -0.2) is 0 Å². The molecule has 0 radical (unpaired) electrons. The van der Waals surface area contributed by atoms with Gasteiger partial charge in [0.25, 0.3) is 0 Å². The van der Waals surface area contributed by atoms with Gasteiger partial charge in [0.1, 0.15) is 0 Å². The van der Waals surface area contributed by atoms with Crippen LogP contribution in [0, 0.1) is 0 Å². The first-order valence-electron chi connectivity index (χ1n) is 6.54. The van der Waals surface area contributed by atoms with Crippen LogP contribution in [0.4, 0.5) is 13.2 Å². The molecule has 1 unspecified atom stereocenters. The molecule has 1 heterocycles. The first kappa shape index (κ1) is 16.5. The number of hydrogen-bond acceptors (Lipinski definition) is 2. The molecule has 0 aromatic carbocycles. The van der Waals surface area contributed by atoms with E-state index in [-0.39, 0.29) is 5.41 Å². The predicted molar refractivity (Wildman–Crippen MR) is 74.7 cm³/mol. The monoisotopic (exact) mass is 293 g/mol. The van der Waals surface area contributed by atoms with Crippen molar-refractivity contribution in [2.24, 2.45) is 0 Å². The smallest absolute Gasteiger partial charge is 0.309 e. The predicted octanol–water partition coefficient (Wildman–Crippen LogP) is 5.04. The molecule has 1 aromatic heterocycles. The van der Waals surface area contributed by atoms with Crippen LogP contribution in [0.2, 0.25) is 0 Å². The number of halogens is 3. The van der Waals surface area contributed by atoms with Crippen LogP contribution < -0.4 is 5.32 Å². The van der Waals surface area contributed by atoms with E-state index in [1.54, 1.807) is 0 Å². The van der Waals surface area contributed by atoms with Crippen LogP contribution in [-0.4, -0.2) is 12.7 Å². The summed E-state index contributed by atoms with van der Waals surface area (Å²) in [5.41, 5.74) is -0.0174. The van der Waals surface area contributed by atoms with Crippen LogP contribution in [-0.2, 0) is 5.41 Å². The lowest BCUT2D eigenvalue weighted by Crippen LogP contribution is -2.26. The summed E-state index contributed by atoms with van der Waals surface area (Å²) in [6.45, 7) is 8.76. The number of hydrogen-bond donors (Lipinski definition) is 1. The van der Waals surface area contributed by atoms with Gasteiger partial charge in [-0.1, -0.05) is 27.7 Å². The summed E-state index contributed by atoms with van der Waals surface area (Å²) in [5, 5.41) is 3.00. The molecule has 0 saturated carbocycles. The lowest BCUT2D eigenvalue weighted by molar-refractivity contribution is -0.140. The molecule has 1 aromatic rings. The summed E-state index contributed by atoms with van der Waals surface area (Å²) in [6.07, 6.45) is -4.12. The van der Waals surface area contributed by atoms with Gasteiger partial charge >= 0.3 is 6.18 Å². The number of nitrogens with one attached hydrogen (secondary N) is 1. The van der Waals surface area contributed by atoms with Crippen molar-refractivity contribution in [2.75, 3.05) is 6.54 Å². The fourth-order valence-electron chi connectivity index (χ4n) is 1.77. The molecular weight excluding hydrogens is 271 g/mol. The number of rotatable bonds is 5. The second-order valence-corrected chi connectivity index (χ2v) is 6.89. The minimum absolute atomic E-state index is 0.0174. The zero-order chi connectivity index (χ0) is 14.7. The Morgan fingerprint density at radius 2 is 1.84 bits per heavy atom. The maximum absolute atomic E-state index is 12.6. The molecule has 0 bridgehead atoms. The zero-order valence-corrected chi connectivity index (χ0v) is 12.7. The average molecular weight is 293 g/mol. The molecule has 0 fully saturated rings. The van der Waals surface area contributed by atoms with Gasteiger partial charge in [0, 0.05) is 9.75 Å². The van der Waals surface area contributed by atoms with Gasteiger partial charge in [-0.3, -0.25) is 0 Å². The highest BCUT2D eigenvalue weighted by Gasteiger charge is 2.33. The van der Waals surface area contributed by atoms with E-state index < -0.39 is 18.6 Å². The van der Waals surface area contributed by atoms with Crippen LogP contribution in [0.3, 0.4) is 0 Å². The third kappa shape index (κ3) is 5.53. The quantitative estimate of drug-likeness (QED) is 0.802. The van der Waals surface area contributed by atoms with Crippen molar-refractivity contribution in [1.29, 1.82) is 0 Å². The molecule has 1 rings (SSSR count). The van der Waals surface area contributed by atoms with Crippen LogP contribution in [0.1, 0.15) is 56.3 Å². The van der Waals surface area contributed by atoms with E-state index in [1.807, 2.05) is 19.1 Å². The Kier molecular flexibility index (Phi) is 5.44. The highest BCUT2D eigenvalue weighted by Crippen LogP contribution is 2.36. The van der Waals surface area contributed by atoms with Gasteiger partial charge in [-0.2, -0.15) is 13.2 Å². The second kappa shape index (κ2) is 6.27. The van der Waals surface area contributed by atoms with Crippen molar-refractivity contribution in [1.82, 2.24) is 5.32 Å². The van der Waals surface area contributed by atoms with E-state index in [2.05, 4.69) is 26.1 Å². The van der Waals surface area contributed by atoms with Crippen LogP contribution in [0.5, 0.6) is 0 Å². The fourth-order valence-corrected chi connectivity index (χ4v) is 2.91. The van der Waals surface area contributed by atoms with Crippen molar-refractivity contribution in [3.05, 3.63) is 21.9 Å². The lowest BCUT2D eigenvalue weighted by Gasteiger charge is -2.20. The molecule has 0 aliphatic rings. The van der Waals surface area contributed by atoms with Crippen molar-refractivity contribution >= 4 is 11.3 Å². The van der Waals surface area contributed by atoms with Gasteiger partial charge in [0.15, 0.2) is 0 Å². The standard InChI is InChI=1S/C14H22F3NS/c1-5-8-18-10(9-14(15,16)17)11-6-7-12(19-11)13(2,3)4/h6-7,10,18H,5,8-9H2,1-4H3. The van der Waals surface area contributed by atoms with Crippen molar-refractivity contribution in [3.63, 3.8) is 0 Å². The average Bonchev–Trinajstić information content (AvgIpc) is 2.71. The molecule has 0 amide bonds. The molecule has 0 aliphatic carbocycles. The Hall–Kier alpha value is -0.550. The molecule has 0 aliphatic heterocycles. The Morgan fingerprint density at radius 1 is 1.21 bits per heavy atom. The Morgan fingerprint density at radius 3 is 2.26 bits per heavy atom. The van der Waals surface area contributed by atoms with Gasteiger partial charge < -0.3 is 5.32 Å². The van der Waals surface area contributed by atoms with Gasteiger partial charge in [0.05, 0.1) is 12.5 Å². The molecule has 110 valence electrons. The highest BCUT2D eigenvalue weighted by molar-refractivity contribution is 7.12. The van der Waals surface area contributed by atoms with E-state index in [0.717, 1.165) is 16.2 Å². The molecule has 5 heteroatoms. The summed E-state index contributed by atoms with van der Waals surface area (Å²) in [5.74, 6) is 0. The van der Waals surface area contributed by atoms with Gasteiger partial charge in [-0.15, -0.1) is 11.3 Å². The van der Waals surface area contributed by atoms with E-state index >= 15 is 0 Å². The number of alkyl halides is 3. The minimum Gasteiger partial charge on any atom is -0.309 e. The maximum Gasteiger partial charge on any atom is 0.390 e. The topological polar surface area (TPSA) is 12.0 Å². The van der Waals surface area contributed by atoms with Crippen LogP contribution in [0.25, 0.3) is 0 Å². The highest BCUT2D eigenvalue weighted by atomic mass is 32.1. The summed E-state index contributed by atoms with van der Waals surface area (Å²) in [4.78, 5) is 1.89. The minimum atomic E-state index is -4.14. The van der Waals surface area contributed by atoms with E-state index in [0.29, 0.717) is 6.54 Å². The Labute approximate surface area is 117 Å². The SMILES string of the molecule is CCCNC(CC(F)(F)F)c1ccc(C(C)(C)C)s1. The molecule has 19 heavy (non-hydrogen) atoms. The second-order valence-electron chi connectivity index (χ2n) is 5.78. The van der Waals surface area contributed by atoms with E-state index in [1.165, 1.54) is 11.3 Å². The molecular formula is C14H22F3NS. The lowest BCUT2D eigenvalue weighted by atomic mass is 9.95.